The second-order valence-corrected chi connectivity index (χ2v) is 2.72. The number of pyridine rings is 1. The molecule has 0 fully saturated rings. The van der Waals surface area contributed by atoms with E-state index in [1.165, 1.54) is 6.20 Å². The SMILES string of the molecule is O=C(O)C(=O)Cc1cccnc1Cl. The van der Waals surface area contributed by atoms with E-state index < -0.39 is 11.8 Å². The molecule has 0 saturated heterocycles. The molecule has 4 nitrogen and oxygen atoms in total. The van der Waals surface area contributed by atoms with Gasteiger partial charge in [0.1, 0.15) is 5.15 Å². The van der Waals surface area contributed by atoms with Gasteiger partial charge in [-0.1, -0.05) is 17.7 Å². The number of rotatable bonds is 3. The Morgan fingerprint density at radius 3 is 2.77 bits per heavy atom. The predicted octanol–water partition coefficient (Wildman–Crippen LogP) is 0.931. The molecule has 0 spiro atoms. The molecule has 0 unspecified atom stereocenters. The van der Waals surface area contributed by atoms with Crippen molar-refractivity contribution in [3.05, 3.63) is 29.0 Å². The monoisotopic (exact) mass is 199 g/mol. The van der Waals surface area contributed by atoms with Gasteiger partial charge in [-0.2, -0.15) is 0 Å². The van der Waals surface area contributed by atoms with E-state index in [9.17, 15) is 9.59 Å². The third kappa shape index (κ3) is 2.52. The maximum Gasteiger partial charge on any atom is 0.372 e. The molecule has 0 aliphatic carbocycles. The Kier molecular flexibility index (Phi) is 2.97. The fourth-order valence-corrected chi connectivity index (χ4v) is 0.986. The average Bonchev–Trinajstić information content (AvgIpc) is 2.08. The first-order valence-electron chi connectivity index (χ1n) is 3.47. The van der Waals surface area contributed by atoms with Crippen LogP contribution in [-0.2, 0) is 16.0 Å². The van der Waals surface area contributed by atoms with Crippen LogP contribution in [0.4, 0.5) is 0 Å². The molecule has 5 heteroatoms. The smallest absolute Gasteiger partial charge is 0.372 e. The Morgan fingerprint density at radius 2 is 2.23 bits per heavy atom. The average molecular weight is 200 g/mol. The molecule has 0 saturated carbocycles. The van der Waals surface area contributed by atoms with Crippen LogP contribution in [-0.4, -0.2) is 21.8 Å². The molecule has 0 bridgehead atoms. The van der Waals surface area contributed by atoms with E-state index in [-0.39, 0.29) is 11.6 Å². The summed E-state index contributed by atoms with van der Waals surface area (Å²) in [7, 11) is 0. The lowest BCUT2D eigenvalue weighted by atomic mass is 10.1. The minimum atomic E-state index is -1.46. The van der Waals surface area contributed by atoms with Crippen LogP contribution in [0.5, 0.6) is 0 Å². The zero-order valence-electron chi connectivity index (χ0n) is 6.53. The summed E-state index contributed by atoms with van der Waals surface area (Å²) in [4.78, 5) is 24.7. The Morgan fingerprint density at radius 1 is 1.54 bits per heavy atom. The van der Waals surface area contributed by atoms with Crippen LogP contribution in [0.2, 0.25) is 5.15 Å². The number of halogens is 1. The van der Waals surface area contributed by atoms with Crippen molar-refractivity contribution in [1.29, 1.82) is 0 Å². The van der Waals surface area contributed by atoms with Gasteiger partial charge in [-0.3, -0.25) is 4.79 Å². The highest BCUT2D eigenvalue weighted by molar-refractivity contribution is 6.34. The number of hydrogen-bond acceptors (Lipinski definition) is 3. The number of carboxylic acids is 1. The molecule has 0 aliphatic rings. The van der Waals surface area contributed by atoms with Gasteiger partial charge in [0.15, 0.2) is 0 Å². The lowest BCUT2D eigenvalue weighted by molar-refractivity contribution is -0.148. The number of nitrogens with zero attached hydrogens (tertiary/aromatic N) is 1. The van der Waals surface area contributed by atoms with Crippen molar-refractivity contribution >= 4 is 23.4 Å². The number of aliphatic carboxylic acids is 1. The Bertz CT molecular complexity index is 351. The summed E-state index contributed by atoms with van der Waals surface area (Å²) >= 11 is 5.62. The number of aromatic nitrogens is 1. The van der Waals surface area contributed by atoms with Crippen LogP contribution in [0.3, 0.4) is 0 Å². The summed E-state index contributed by atoms with van der Waals surface area (Å²) in [5, 5.41) is 8.49. The van der Waals surface area contributed by atoms with Gasteiger partial charge in [0.05, 0.1) is 0 Å². The summed E-state index contributed by atoms with van der Waals surface area (Å²) in [6.07, 6.45) is 1.25. The molecule has 1 N–H and O–H groups in total. The highest BCUT2D eigenvalue weighted by Crippen LogP contribution is 2.12. The van der Waals surface area contributed by atoms with Crippen molar-refractivity contribution in [3.63, 3.8) is 0 Å². The first-order chi connectivity index (χ1) is 6.11. The molecular formula is C8H6ClNO3. The second-order valence-electron chi connectivity index (χ2n) is 2.36. The first kappa shape index (κ1) is 9.67. The minimum Gasteiger partial charge on any atom is -0.475 e. The van der Waals surface area contributed by atoms with Crippen molar-refractivity contribution in [2.75, 3.05) is 0 Å². The van der Waals surface area contributed by atoms with Crippen molar-refractivity contribution in [2.45, 2.75) is 6.42 Å². The van der Waals surface area contributed by atoms with E-state index in [0.717, 1.165) is 0 Å². The number of carboxylic acid groups (broad SMARTS) is 1. The lowest BCUT2D eigenvalue weighted by Gasteiger charge is -1.98. The van der Waals surface area contributed by atoms with E-state index in [0.29, 0.717) is 5.56 Å². The van der Waals surface area contributed by atoms with Crippen molar-refractivity contribution in [1.82, 2.24) is 4.98 Å². The molecule has 1 rings (SSSR count). The van der Waals surface area contributed by atoms with Crippen LogP contribution in [0.25, 0.3) is 0 Å². The molecule has 13 heavy (non-hydrogen) atoms. The van der Waals surface area contributed by atoms with Gasteiger partial charge in [-0.05, 0) is 11.6 Å². The summed E-state index contributed by atoms with van der Waals surface area (Å²) in [6.45, 7) is 0. The molecule has 0 atom stereocenters. The van der Waals surface area contributed by atoms with E-state index in [4.69, 9.17) is 16.7 Å². The highest BCUT2D eigenvalue weighted by Gasteiger charge is 2.13. The van der Waals surface area contributed by atoms with E-state index in [1.807, 2.05) is 0 Å². The molecule has 0 aromatic carbocycles. The molecule has 1 aromatic rings. The summed E-state index contributed by atoms with van der Waals surface area (Å²) in [5.74, 6) is -2.35. The van der Waals surface area contributed by atoms with E-state index >= 15 is 0 Å². The summed E-state index contributed by atoms with van der Waals surface area (Å²) in [5.41, 5.74) is 0.427. The van der Waals surface area contributed by atoms with Crippen LogP contribution in [0.1, 0.15) is 5.56 Å². The highest BCUT2D eigenvalue weighted by atomic mass is 35.5. The number of carbonyl (C=O) groups excluding carboxylic acids is 1. The third-order valence-electron chi connectivity index (χ3n) is 1.43. The van der Waals surface area contributed by atoms with Crippen molar-refractivity contribution < 1.29 is 14.7 Å². The molecule has 0 radical (unpaired) electrons. The van der Waals surface area contributed by atoms with Gasteiger partial charge < -0.3 is 5.11 Å². The van der Waals surface area contributed by atoms with Crippen molar-refractivity contribution in [2.24, 2.45) is 0 Å². The van der Waals surface area contributed by atoms with Gasteiger partial charge >= 0.3 is 5.97 Å². The Hall–Kier alpha value is -1.42. The zero-order chi connectivity index (χ0) is 9.84. The quantitative estimate of drug-likeness (QED) is 0.581. The van der Waals surface area contributed by atoms with E-state index in [2.05, 4.69) is 4.98 Å². The zero-order valence-corrected chi connectivity index (χ0v) is 7.28. The van der Waals surface area contributed by atoms with Crippen LogP contribution in [0.15, 0.2) is 18.3 Å². The van der Waals surface area contributed by atoms with Gasteiger partial charge in [0.2, 0.25) is 5.78 Å². The molecule has 0 aliphatic heterocycles. The lowest BCUT2D eigenvalue weighted by Crippen LogP contribution is -2.15. The van der Waals surface area contributed by atoms with Crippen LogP contribution >= 0.6 is 11.6 Å². The maximum absolute atomic E-state index is 10.8. The van der Waals surface area contributed by atoms with Crippen LogP contribution < -0.4 is 0 Å². The fraction of sp³-hybridized carbons (Fsp3) is 0.125. The minimum absolute atomic E-state index is 0.164. The fourth-order valence-electron chi connectivity index (χ4n) is 0.800. The number of Topliss-reactive ketones (excluding diaryl/α,β-unsaturated/α-hetero) is 1. The Balaban J connectivity index is 2.81. The molecular weight excluding hydrogens is 194 g/mol. The number of hydrogen-bond donors (Lipinski definition) is 1. The molecule has 0 amide bonds. The van der Waals surface area contributed by atoms with Gasteiger partial charge in [0, 0.05) is 12.6 Å². The summed E-state index contributed by atoms with van der Waals surface area (Å²) in [6, 6.07) is 3.16. The number of ketones is 1. The van der Waals surface area contributed by atoms with Crippen LogP contribution in [0, 0.1) is 0 Å². The first-order valence-corrected chi connectivity index (χ1v) is 3.84. The second kappa shape index (κ2) is 4.00. The number of carbonyl (C=O) groups is 2. The summed E-state index contributed by atoms with van der Waals surface area (Å²) < 4.78 is 0. The van der Waals surface area contributed by atoms with Gasteiger partial charge in [-0.15, -0.1) is 0 Å². The standard InChI is InChI=1S/C8H6ClNO3/c9-7-5(2-1-3-10-7)4-6(11)8(12)13/h1-3H,4H2,(H,12,13). The van der Waals surface area contributed by atoms with Crippen molar-refractivity contribution in [3.8, 4) is 0 Å². The third-order valence-corrected chi connectivity index (χ3v) is 1.77. The molecule has 1 aromatic heterocycles. The van der Waals surface area contributed by atoms with Gasteiger partial charge in [0.25, 0.3) is 0 Å². The predicted molar refractivity (Wildman–Crippen MR) is 45.6 cm³/mol. The largest absolute Gasteiger partial charge is 0.475 e. The van der Waals surface area contributed by atoms with E-state index in [1.54, 1.807) is 12.1 Å². The topological polar surface area (TPSA) is 67.3 Å². The molecule has 1 heterocycles. The maximum atomic E-state index is 10.8. The Labute approximate surface area is 79.2 Å². The normalized spacial score (nSPS) is 9.62. The molecule has 68 valence electrons. The van der Waals surface area contributed by atoms with Gasteiger partial charge in [-0.25, -0.2) is 9.78 Å².